The SMILES string of the molecule is COCCC1(CN2CCNC(CC(C)C)C2)CC1. The first-order valence-corrected chi connectivity index (χ1v) is 7.58. The molecule has 1 unspecified atom stereocenters. The molecule has 1 N–H and O–H groups in total. The number of hydrogen-bond donors (Lipinski definition) is 1. The van der Waals surface area contributed by atoms with Gasteiger partial charge in [0.25, 0.3) is 0 Å². The van der Waals surface area contributed by atoms with E-state index in [2.05, 4.69) is 24.1 Å². The Morgan fingerprint density at radius 1 is 1.39 bits per heavy atom. The van der Waals surface area contributed by atoms with Gasteiger partial charge in [-0.25, -0.2) is 0 Å². The van der Waals surface area contributed by atoms with Crippen LogP contribution >= 0.6 is 0 Å². The van der Waals surface area contributed by atoms with E-state index in [-0.39, 0.29) is 0 Å². The van der Waals surface area contributed by atoms with Gasteiger partial charge in [0.05, 0.1) is 0 Å². The van der Waals surface area contributed by atoms with Crippen molar-refractivity contribution < 1.29 is 4.74 Å². The lowest BCUT2D eigenvalue weighted by molar-refractivity contribution is 0.125. The lowest BCUT2D eigenvalue weighted by atomic mass is 9.98. The molecule has 0 aromatic heterocycles. The molecule has 0 radical (unpaired) electrons. The van der Waals surface area contributed by atoms with Gasteiger partial charge in [-0.05, 0) is 37.0 Å². The highest BCUT2D eigenvalue weighted by Crippen LogP contribution is 2.49. The van der Waals surface area contributed by atoms with Crippen molar-refractivity contribution in [3.05, 3.63) is 0 Å². The standard InChI is InChI=1S/C15H30N2O/c1-13(2)10-14-11-17(8-7-16-14)12-15(4-5-15)6-9-18-3/h13-14,16H,4-12H2,1-3H3. The van der Waals surface area contributed by atoms with E-state index in [1.807, 2.05) is 7.11 Å². The zero-order chi connectivity index (χ0) is 13.0. The van der Waals surface area contributed by atoms with Crippen LogP contribution in [0.15, 0.2) is 0 Å². The van der Waals surface area contributed by atoms with E-state index in [0.717, 1.165) is 19.1 Å². The van der Waals surface area contributed by atoms with Crippen LogP contribution in [0.4, 0.5) is 0 Å². The molecule has 1 saturated heterocycles. The summed E-state index contributed by atoms with van der Waals surface area (Å²) >= 11 is 0. The highest BCUT2D eigenvalue weighted by Gasteiger charge is 2.43. The minimum atomic E-state index is 0.607. The molecule has 1 saturated carbocycles. The van der Waals surface area contributed by atoms with Crippen LogP contribution in [0.25, 0.3) is 0 Å². The van der Waals surface area contributed by atoms with Gasteiger partial charge in [-0.1, -0.05) is 13.8 Å². The maximum Gasteiger partial charge on any atom is 0.0468 e. The van der Waals surface area contributed by atoms with Crippen LogP contribution in [0.1, 0.15) is 39.5 Å². The Balaban J connectivity index is 1.75. The number of piperazine rings is 1. The second kappa shape index (κ2) is 6.36. The van der Waals surface area contributed by atoms with E-state index in [4.69, 9.17) is 4.74 Å². The highest BCUT2D eigenvalue weighted by molar-refractivity contribution is 4.96. The minimum Gasteiger partial charge on any atom is -0.385 e. The van der Waals surface area contributed by atoms with Crippen LogP contribution in [0, 0.1) is 11.3 Å². The molecule has 0 aromatic carbocycles. The van der Waals surface area contributed by atoms with Crippen LogP contribution in [-0.2, 0) is 4.74 Å². The largest absolute Gasteiger partial charge is 0.385 e. The van der Waals surface area contributed by atoms with Gasteiger partial charge in [-0.15, -0.1) is 0 Å². The van der Waals surface area contributed by atoms with Crippen LogP contribution in [0.3, 0.4) is 0 Å². The number of nitrogens with zero attached hydrogens (tertiary/aromatic N) is 1. The molecule has 2 rings (SSSR count). The summed E-state index contributed by atoms with van der Waals surface area (Å²) in [6, 6.07) is 0.706. The average molecular weight is 254 g/mol. The Kier molecular flexibility index (Phi) is 5.05. The summed E-state index contributed by atoms with van der Waals surface area (Å²) in [4.78, 5) is 2.69. The molecule has 1 atom stereocenters. The first kappa shape index (κ1) is 14.3. The van der Waals surface area contributed by atoms with Crippen LogP contribution in [0.5, 0.6) is 0 Å². The summed E-state index contributed by atoms with van der Waals surface area (Å²) in [6.45, 7) is 10.5. The Morgan fingerprint density at radius 3 is 2.78 bits per heavy atom. The molecule has 1 aliphatic carbocycles. The summed E-state index contributed by atoms with van der Waals surface area (Å²) < 4.78 is 5.25. The van der Waals surface area contributed by atoms with E-state index in [1.54, 1.807) is 0 Å². The number of hydrogen-bond acceptors (Lipinski definition) is 3. The number of ether oxygens (including phenoxy) is 1. The molecule has 2 aliphatic rings. The van der Waals surface area contributed by atoms with Crippen LogP contribution in [-0.4, -0.2) is 50.8 Å². The fraction of sp³-hybridized carbons (Fsp3) is 1.00. The van der Waals surface area contributed by atoms with E-state index < -0.39 is 0 Å². The number of rotatable bonds is 7. The molecule has 0 amide bonds. The molecule has 2 fully saturated rings. The van der Waals surface area contributed by atoms with Crippen LogP contribution in [0.2, 0.25) is 0 Å². The first-order valence-electron chi connectivity index (χ1n) is 7.58. The number of nitrogens with one attached hydrogen (secondary N) is 1. The summed E-state index contributed by atoms with van der Waals surface area (Å²) in [6.07, 6.45) is 5.38. The maximum absolute atomic E-state index is 5.25. The normalized spacial score (nSPS) is 27.7. The lowest BCUT2D eigenvalue weighted by Gasteiger charge is -2.36. The third-order valence-electron chi connectivity index (χ3n) is 4.45. The summed E-state index contributed by atoms with van der Waals surface area (Å²) in [5, 5.41) is 3.66. The highest BCUT2D eigenvalue weighted by atomic mass is 16.5. The van der Waals surface area contributed by atoms with Crippen molar-refractivity contribution in [2.75, 3.05) is 39.9 Å². The molecule has 0 spiro atoms. The Bertz CT molecular complexity index is 251. The molecule has 1 aliphatic heterocycles. The lowest BCUT2D eigenvalue weighted by Crippen LogP contribution is -2.52. The van der Waals surface area contributed by atoms with Gasteiger partial charge < -0.3 is 10.1 Å². The van der Waals surface area contributed by atoms with Gasteiger partial charge in [0, 0.05) is 45.9 Å². The monoisotopic (exact) mass is 254 g/mol. The van der Waals surface area contributed by atoms with Crippen molar-refractivity contribution in [2.24, 2.45) is 11.3 Å². The van der Waals surface area contributed by atoms with E-state index >= 15 is 0 Å². The summed E-state index contributed by atoms with van der Waals surface area (Å²) in [7, 11) is 1.82. The maximum atomic E-state index is 5.25. The first-order chi connectivity index (χ1) is 8.63. The molecule has 0 bridgehead atoms. The predicted octanol–water partition coefficient (Wildman–Crippen LogP) is 2.12. The van der Waals surface area contributed by atoms with Gasteiger partial charge in [0.15, 0.2) is 0 Å². The molecular weight excluding hydrogens is 224 g/mol. The van der Waals surface area contributed by atoms with Gasteiger partial charge in [0.2, 0.25) is 0 Å². The summed E-state index contributed by atoms with van der Waals surface area (Å²) in [5.41, 5.74) is 0.607. The molecule has 0 aromatic rings. The van der Waals surface area contributed by atoms with Gasteiger partial charge in [0.1, 0.15) is 0 Å². The second-order valence-electron chi connectivity index (χ2n) is 6.76. The van der Waals surface area contributed by atoms with Crippen molar-refractivity contribution in [3.8, 4) is 0 Å². The molecule has 3 heteroatoms. The smallest absolute Gasteiger partial charge is 0.0468 e. The topological polar surface area (TPSA) is 24.5 Å². The fourth-order valence-electron chi connectivity index (χ4n) is 3.22. The van der Waals surface area contributed by atoms with Crippen molar-refractivity contribution in [3.63, 3.8) is 0 Å². The quantitative estimate of drug-likeness (QED) is 0.753. The van der Waals surface area contributed by atoms with Crippen molar-refractivity contribution in [2.45, 2.75) is 45.6 Å². The van der Waals surface area contributed by atoms with E-state index in [1.165, 1.54) is 45.3 Å². The van der Waals surface area contributed by atoms with E-state index in [9.17, 15) is 0 Å². The Hall–Kier alpha value is -0.120. The number of methoxy groups -OCH3 is 1. The zero-order valence-corrected chi connectivity index (χ0v) is 12.4. The van der Waals surface area contributed by atoms with Gasteiger partial charge in [-0.2, -0.15) is 0 Å². The fourth-order valence-corrected chi connectivity index (χ4v) is 3.22. The Labute approximate surface area is 112 Å². The van der Waals surface area contributed by atoms with Gasteiger partial charge in [-0.3, -0.25) is 4.90 Å². The zero-order valence-electron chi connectivity index (χ0n) is 12.4. The van der Waals surface area contributed by atoms with Crippen molar-refractivity contribution in [1.29, 1.82) is 0 Å². The third-order valence-corrected chi connectivity index (χ3v) is 4.45. The third kappa shape index (κ3) is 4.22. The molecule has 1 heterocycles. The second-order valence-corrected chi connectivity index (χ2v) is 6.76. The molecular formula is C15H30N2O. The Morgan fingerprint density at radius 2 is 2.17 bits per heavy atom. The predicted molar refractivity (Wildman–Crippen MR) is 75.8 cm³/mol. The van der Waals surface area contributed by atoms with Crippen molar-refractivity contribution >= 4 is 0 Å². The van der Waals surface area contributed by atoms with Gasteiger partial charge >= 0.3 is 0 Å². The van der Waals surface area contributed by atoms with E-state index in [0.29, 0.717) is 11.5 Å². The molecule has 18 heavy (non-hydrogen) atoms. The summed E-state index contributed by atoms with van der Waals surface area (Å²) in [5.74, 6) is 0.797. The molecule has 106 valence electrons. The average Bonchev–Trinajstić information content (AvgIpc) is 3.06. The molecule has 3 nitrogen and oxygen atoms in total. The van der Waals surface area contributed by atoms with Crippen LogP contribution < -0.4 is 5.32 Å². The minimum absolute atomic E-state index is 0.607. The van der Waals surface area contributed by atoms with Crippen molar-refractivity contribution in [1.82, 2.24) is 10.2 Å².